The lowest BCUT2D eigenvalue weighted by atomic mass is 9.92. The van der Waals surface area contributed by atoms with Crippen LogP contribution in [-0.4, -0.2) is 9.55 Å². The van der Waals surface area contributed by atoms with Crippen LogP contribution in [0.25, 0.3) is 0 Å². The fourth-order valence-electron chi connectivity index (χ4n) is 9.01. The molecule has 2 nitrogen and oxygen atoms in total. The Morgan fingerprint density at radius 2 is 0.593 bits per heavy atom. The monoisotopic (exact) mass is 755 g/mol. The molecule has 0 aliphatic heterocycles. The molecule has 0 bridgehead atoms. The molecule has 0 aromatic carbocycles. The van der Waals surface area contributed by atoms with E-state index in [1.165, 1.54) is 282 Å². The average molecular weight is 755 g/mol. The molecule has 320 valence electrons. The van der Waals surface area contributed by atoms with Crippen LogP contribution in [0.4, 0.5) is 0 Å². The third kappa shape index (κ3) is 32.3. The van der Waals surface area contributed by atoms with Gasteiger partial charge in [0.15, 0.2) is 0 Å². The minimum absolute atomic E-state index is 0.584. The van der Waals surface area contributed by atoms with Crippen LogP contribution in [0.1, 0.15) is 322 Å². The molecule has 1 rings (SSSR count). The maximum Gasteiger partial charge on any atom is 0.111 e. The molecular weight excluding hydrogens is 653 g/mol. The van der Waals surface area contributed by atoms with E-state index in [0.717, 1.165) is 0 Å². The van der Waals surface area contributed by atoms with Gasteiger partial charge in [-0.2, -0.15) is 0 Å². The summed E-state index contributed by atoms with van der Waals surface area (Å²) in [5, 5.41) is 0. The van der Waals surface area contributed by atoms with Crippen molar-refractivity contribution in [3.8, 4) is 0 Å². The second kappa shape index (κ2) is 41.8. The quantitative estimate of drug-likeness (QED) is 0.0606. The van der Waals surface area contributed by atoms with E-state index in [2.05, 4.69) is 44.7 Å². The molecule has 0 aliphatic carbocycles. The summed E-state index contributed by atoms with van der Waals surface area (Å²) >= 11 is 0. The molecule has 1 aromatic rings. The van der Waals surface area contributed by atoms with E-state index in [4.69, 9.17) is 4.98 Å². The van der Waals surface area contributed by atoms with E-state index < -0.39 is 0 Å². The van der Waals surface area contributed by atoms with Gasteiger partial charge in [-0.05, 0) is 26.2 Å². The van der Waals surface area contributed by atoms with Crippen LogP contribution in [0.3, 0.4) is 0 Å². The Bertz CT molecular complexity index is 828. The van der Waals surface area contributed by atoms with Crippen LogP contribution in [0.15, 0.2) is 12.4 Å². The standard InChI is InChI=1S/C52H102N2/c1-5-8-11-14-17-20-22-24-26-27-29-31-33-35-38-41-44-47-51(46-43-40-37-19-16-13-10-7-3)52-53-48-49-54(52)50(4)45-42-39-36-34-32-30-28-25-23-21-18-15-12-9-6-2/h48-51H,5-47H2,1-4H3. The first-order chi connectivity index (χ1) is 26.7. The molecular formula is C52H102N2. The minimum Gasteiger partial charge on any atom is -0.332 e. The average Bonchev–Trinajstić information content (AvgIpc) is 3.68. The molecule has 1 aromatic heterocycles. The third-order valence-corrected chi connectivity index (χ3v) is 12.8. The fourth-order valence-corrected chi connectivity index (χ4v) is 9.01. The minimum atomic E-state index is 0.584. The van der Waals surface area contributed by atoms with Crippen LogP contribution < -0.4 is 0 Å². The van der Waals surface area contributed by atoms with Crippen LogP contribution >= 0.6 is 0 Å². The topological polar surface area (TPSA) is 17.8 Å². The zero-order valence-corrected chi connectivity index (χ0v) is 38.1. The van der Waals surface area contributed by atoms with Crippen molar-refractivity contribution in [2.24, 2.45) is 0 Å². The first-order valence-corrected chi connectivity index (χ1v) is 25.8. The van der Waals surface area contributed by atoms with Gasteiger partial charge in [0.25, 0.3) is 0 Å². The van der Waals surface area contributed by atoms with Gasteiger partial charge in [0.1, 0.15) is 5.82 Å². The maximum atomic E-state index is 5.07. The van der Waals surface area contributed by atoms with Crippen molar-refractivity contribution >= 4 is 0 Å². The van der Waals surface area contributed by atoms with Crippen LogP contribution in [0, 0.1) is 0 Å². The van der Waals surface area contributed by atoms with Gasteiger partial charge in [-0.1, -0.05) is 278 Å². The maximum absolute atomic E-state index is 5.07. The summed E-state index contributed by atoms with van der Waals surface area (Å²) < 4.78 is 2.60. The number of aromatic nitrogens is 2. The SMILES string of the molecule is CCCCCCCCCCCCCCCCCCCC(CCCCCCCCCC)c1nccn1C(C)CCCCCCCCCCCCCCCCC. The Labute approximate surface area is 342 Å². The molecule has 54 heavy (non-hydrogen) atoms. The summed E-state index contributed by atoms with van der Waals surface area (Å²) in [6.07, 6.45) is 66.1. The fraction of sp³-hybridized carbons (Fsp3) is 0.942. The second-order valence-electron chi connectivity index (χ2n) is 18.2. The van der Waals surface area contributed by atoms with E-state index >= 15 is 0 Å². The number of nitrogens with zero attached hydrogens (tertiary/aromatic N) is 2. The highest BCUT2D eigenvalue weighted by Crippen LogP contribution is 2.31. The first-order valence-electron chi connectivity index (χ1n) is 25.8. The molecule has 2 atom stereocenters. The van der Waals surface area contributed by atoms with Crippen molar-refractivity contribution in [1.29, 1.82) is 0 Å². The summed E-state index contributed by atoms with van der Waals surface area (Å²) in [4.78, 5) is 5.07. The smallest absolute Gasteiger partial charge is 0.111 e. The van der Waals surface area contributed by atoms with Gasteiger partial charge >= 0.3 is 0 Å². The Kier molecular flexibility index (Phi) is 39.7. The van der Waals surface area contributed by atoms with Gasteiger partial charge in [0.05, 0.1) is 0 Å². The molecule has 0 N–H and O–H groups in total. The van der Waals surface area contributed by atoms with Crippen LogP contribution in [-0.2, 0) is 0 Å². The Balaban J connectivity index is 2.28. The van der Waals surface area contributed by atoms with Crippen LogP contribution in [0.5, 0.6) is 0 Å². The third-order valence-electron chi connectivity index (χ3n) is 12.8. The predicted molar refractivity (Wildman–Crippen MR) is 245 cm³/mol. The normalized spacial score (nSPS) is 12.9. The summed E-state index contributed by atoms with van der Waals surface area (Å²) in [5.41, 5.74) is 0. The molecule has 1 heterocycles. The number of rotatable bonds is 45. The molecule has 0 radical (unpaired) electrons. The summed E-state index contributed by atoms with van der Waals surface area (Å²) in [7, 11) is 0. The molecule has 0 saturated heterocycles. The van der Waals surface area contributed by atoms with Gasteiger partial charge in [0, 0.05) is 24.4 Å². The number of imidazole rings is 1. The van der Waals surface area contributed by atoms with Crippen molar-refractivity contribution in [2.75, 3.05) is 0 Å². The van der Waals surface area contributed by atoms with Gasteiger partial charge < -0.3 is 4.57 Å². The number of hydrogen-bond donors (Lipinski definition) is 0. The van der Waals surface area contributed by atoms with Gasteiger partial charge in [-0.25, -0.2) is 4.98 Å². The zero-order valence-electron chi connectivity index (χ0n) is 38.1. The molecule has 0 spiro atoms. The Morgan fingerprint density at radius 3 is 0.870 bits per heavy atom. The molecule has 2 heteroatoms. The number of unbranched alkanes of at least 4 members (excludes halogenated alkanes) is 37. The van der Waals surface area contributed by atoms with Crippen molar-refractivity contribution in [3.63, 3.8) is 0 Å². The lowest BCUT2D eigenvalue weighted by Gasteiger charge is -2.22. The molecule has 0 fully saturated rings. The summed E-state index contributed by atoms with van der Waals surface area (Å²) in [5.74, 6) is 2.07. The lowest BCUT2D eigenvalue weighted by molar-refractivity contribution is 0.412. The number of hydrogen-bond acceptors (Lipinski definition) is 1. The van der Waals surface area contributed by atoms with Gasteiger partial charge in [0.2, 0.25) is 0 Å². The largest absolute Gasteiger partial charge is 0.332 e. The Morgan fingerprint density at radius 1 is 0.352 bits per heavy atom. The highest BCUT2D eigenvalue weighted by molar-refractivity contribution is 5.02. The first kappa shape index (κ1) is 51.2. The van der Waals surface area contributed by atoms with E-state index in [1.54, 1.807) is 0 Å². The van der Waals surface area contributed by atoms with Crippen molar-refractivity contribution in [1.82, 2.24) is 9.55 Å². The van der Waals surface area contributed by atoms with Crippen molar-refractivity contribution in [3.05, 3.63) is 18.2 Å². The van der Waals surface area contributed by atoms with Crippen molar-refractivity contribution < 1.29 is 0 Å². The van der Waals surface area contributed by atoms with Gasteiger partial charge in [-0.15, -0.1) is 0 Å². The van der Waals surface area contributed by atoms with Gasteiger partial charge in [-0.3, -0.25) is 0 Å². The van der Waals surface area contributed by atoms with E-state index in [1.807, 2.05) is 0 Å². The summed E-state index contributed by atoms with van der Waals surface area (Å²) in [6.45, 7) is 9.42. The predicted octanol–water partition coefficient (Wildman–Crippen LogP) is 19.4. The summed E-state index contributed by atoms with van der Waals surface area (Å²) in [6, 6.07) is 0.584. The van der Waals surface area contributed by atoms with Crippen molar-refractivity contribution in [2.45, 2.75) is 316 Å². The van der Waals surface area contributed by atoms with E-state index in [9.17, 15) is 0 Å². The molecule has 2 unspecified atom stereocenters. The van der Waals surface area contributed by atoms with Crippen LogP contribution in [0.2, 0.25) is 0 Å². The molecule has 0 amide bonds. The highest BCUT2D eigenvalue weighted by atomic mass is 15.1. The second-order valence-corrected chi connectivity index (χ2v) is 18.2. The molecule has 0 aliphatic rings. The zero-order chi connectivity index (χ0) is 38.8. The Hall–Kier alpha value is -0.790. The molecule has 0 saturated carbocycles. The van der Waals surface area contributed by atoms with E-state index in [0.29, 0.717) is 12.0 Å². The highest BCUT2D eigenvalue weighted by Gasteiger charge is 2.19. The van der Waals surface area contributed by atoms with E-state index in [-0.39, 0.29) is 0 Å². The lowest BCUT2D eigenvalue weighted by Crippen LogP contribution is -2.13.